The number of hydrogen-bond donors (Lipinski definition) is 1. The van der Waals surface area contributed by atoms with Crippen LogP contribution in [-0.2, 0) is 9.47 Å². The molecule has 8 nitrogen and oxygen atoms in total. The minimum atomic E-state index is -0.248. The summed E-state index contributed by atoms with van der Waals surface area (Å²) in [5, 5.41) is 16.8. The zero-order chi connectivity index (χ0) is 19.2. The molecule has 1 aromatic carbocycles. The number of urea groups is 1. The lowest BCUT2D eigenvalue weighted by atomic mass is 10.2. The van der Waals surface area contributed by atoms with E-state index in [1.165, 1.54) is 4.68 Å². The molecule has 1 aromatic heterocycles. The van der Waals surface area contributed by atoms with Crippen molar-refractivity contribution in [1.82, 2.24) is 14.7 Å². The summed E-state index contributed by atoms with van der Waals surface area (Å²) in [6.07, 6.45) is 1.55. The van der Waals surface area contributed by atoms with Crippen LogP contribution in [-0.4, -0.2) is 59.7 Å². The topological polar surface area (TPSA) is 92.4 Å². The van der Waals surface area contributed by atoms with Crippen molar-refractivity contribution in [2.75, 3.05) is 38.2 Å². The Morgan fingerprint density at radius 1 is 1.52 bits per heavy atom. The maximum atomic E-state index is 12.5. The highest BCUT2D eigenvalue weighted by atomic mass is 35.5. The van der Waals surface area contributed by atoms with E-state index in [0.29, 0.717) is 55.0 Å². The van der Waals surface area contributed by atoms with Gasteiger partial charge < -0.3 is 14.4 Å². The molecule has 27 heavy (non-hydrogen) atoms. The van der Waals surface area contributed by atoms with E-state index >= 15 is 0 Å². The Kier molecular flexibility index (Phi) is 6.29. The lowest BCUT2D eigenvalue weighted by Gasteiger charge is -2.32. The van der Waals surface area contributed by atoms with E-state index in [0.717, 1.165) is 0 Å². The van der Waals surface area contributed by atoms with E-state index in [-0.39, 0.29) is 12.1 Å². The second-order valence-electron chi connectivity index (χ2n) is 5.95. The van der Waals surface area contributed by atoms with E-state index < -0.39 is 0 Å². The molecule has 1 atom stereocenters. The molecule has 1 saturated heterocycles. The SMILES string of the molecule is CCOCC1CN(C(=O)Nc2ccn(-c3ccc(Cl)cc3C#N)n2)CCO1. The lowest BCUT2D eigenvalue weighted by Crippen LogP contribution is -2.48. The van der Waals surface area contributed by atoms with Gasteiger partial charge in [-0.15, -0.1) is 5.10 Å². The minimum absolute atomic E-state index is 0.130. The highest BCUT2D eigenvalue weighted by Gasteiger charge is 2.24. The number of amides is 2. The van der Waals surface area contributed by atoms with Gasteiger partial charge in [-0.25, -0.2) is 9.48 Å². The Hall–Kier alpha value is -2.60. The van der Waals surface area contributed by atoms with Crippen LogP contribution in [0.25, 0.3) is 5.69 Å². The zero-order valence-corrected chi connectivity index (χ0v) is 15.6. The number of halogens is 1. The second kappa shape index (κ2) is 8.86. The second-order valence-corrected chi connectivity index (χ2v) is 6.38. The van der Waals surface area contributed by atoms with Crippen LogP contribution in [0.4, 0.5) is 10.6 Å². The fraction of sp³-hybridized carbons (Fsp3) is 0.389. The average molecular weight is 390 g/mol. The highest BCUT2D eigenvalue weighted by molar-refractivity contribution is 6.30. The van der Waals surface area contributed by atoms with Crippen molar-refractivity contribution < 1.29 is 14.3 Å². The monoisotopic (exact) mass is 389 g/mol. The summed E-state index contributed by atoms with van der Waals surface area (Å²) in [7, 11) is 0. The first-order valence-corrected chi connectivity index (χ1v) is 8.99. The van der Waals surface area contributed by atoms with Crippen molar-refractivity contribution in [3.63, 3.8) is 0 Å². The quantitative estimate of drug-likeness (QED) is 0.848. The predicted octanol–water partition coefficient (Wildman–Crippen LogP) is 2.67. The molecule has 1 aliphatic rings. The normalized spacial score (nSPS) is 16.8. The number of hydrogen-bond acceptors (Lipinski definition) is 5. The van der Waals surface area contributed by atoms with Gasteiger partial charge in [0.05, 0.1) is 37.1 Å². The van der Waals surface area contributed by atoms with Crippen LogP contribution in [0.5, 0.6) is 0 Å². The van der Waals surface area contributed by atoms with E-state index in [2.05, 4.69) is 16.5 Å². The van der Waals surface area contributed by atoms with Crippen LogP contribution in [0.15, 0.2) is 30.5 Å². The molecule has 0 bridgehead atoms. The fourth-order valence-electron chi connectivity index (χ4n) is 2.76. The molecule has 2 heterocycles. The molecule has 2 aromatic rings. The van der Waals surface area contributed by atoms with Crippen LogP contribution in [0, 0.1) is 11.3 Å². The van der Waals surface area contributed by atoms with Crippen LogP contribution >= 0.6 is 11.6 Å². The van der Waals surface area contributed by atoms with Crippen molar-refractivity contribution in [3.05, 3.63) is 41.0 Å². The van der Waals surface area contributed by atoms with E-state index in [1.807, 2.05) is 6.92 Å². The van der Waals surface area contributed by atoms with E-state index in [9.17, 15) is 10.1 Å². The molecule has 9 heteroatoms. The van der Waals surface area contributed by atoms with Gasteiger partial charge in [0.15, 0.2) is 5.82 Å². The predicted molar refractivity (Wildman–Crippen MR) is 100 cm³/mol. The standard InChI is InChI=1S/C18H20ClN5O3/c1-2-26-12-15-11-23(7-8-27-15)18(25)21-17-5-6-24(22-17)16-4-3-14(19)9-13(16)10-20/h3-6,9,15H,2,7-8,11-12H2,1H3,(H,21,22,25). The maximum absolute atomic E-state index is 12.5. The Balaban J connectivity index is 1.65. The summed E-state index contributed by atoms with van der Waals surface area (Å²) in [6.45, 7) is 4.42. The van der Waals surface area contributed by atoms with E-state index in [4.69, 9.17) is 21.1 Å². The van der Waals surface area contributed by atoms with Crippen molar-refractivity contribution in [1.29, 1.82) is 5.26 Å². The molecule has 0 aliphatic carbocycles. The largest absolute Gasteiger partial charge is 0.379 e. The third kappa shape index (κ3) is 4.77. The smallest absolute Gasteiger partial charge is 0.323 e. The lowest BCUT2D eigenvalue weighted by molar-refractivity contribution is -0.0555. The molecular formula is C18H20ClN5O3. The van der Waals surface area contributed by atoms with Gasteiger partial charge in [0.2, 0.25) is 0 Å². The molecule has 0 spiro atoms. The number of nitrogens with one attached hydrogen (secondary N) is 1. The van der Waals surface area contributed by atoms with Crippen molar-refractivity contribution in [2.45, 2.75) is 13.0 Å². The van der Waals surface area contributed by atoms with Gasteiger partial charge in [0.25, 0.3) is 0 Å². The summed E-state index contributed by atoms with van der Waals surface area (Å²) < 4.78 is 12.5. The number of ether oxygens (including phenoxy) is 2. The first kappa shape index (κ1) is 19.2. The minimum Gasteiger partial charge on any atom is -0.379 e. The third-order valence-electron chi connectivity index (χ3n) is 4.08. The van der Waals surface area contributed by atoms with Crippen LogP contribution in [0.3, 0.4) is 0 Å². The number of anilines is 1. The number of benzene rings is 1. The summed E-state index contributed by atoms with van der Waals surface area (Å²) in [5.41, 5.74) is 0.987. The number of aromatic nitrogens is 2. The van der Waals surface area contributed by atoms with Gasteiger partial charge in [0, 0.05) is 30.4 Å². The molecule has 1 fully saturated rings. The summed E-state index contributed by atoms with van der Waals surface area (Å²) in [5.74, 6) is 0.395. The molecule has 3 rings (SSSR count). The third-order valence-corrected chi connectivity index (χ3v) is 4.32. The van der Waals surface area contributed by atoms with Gasteiger partial charge in [-0.1, -0.05) is 11.6 Å². The molecule has 142 valence electrons. The van der Waals surface area contributed by atoms with Crippen LogP contribution in [0.2, 0.25) is 5.02 Å². The number of nitriles is 1. The van der Waals surface area contributed by atoms with Gasteiger partial charge in [-0.3, -0.25) is 5.32 Å². The Morgan fingerprint density at radius 3 is 3.15 bits per heavy atom. The zero-order valence-electron chi connectivity index (χ0n) is 14.9. The van der Waals surface area contributed by atoms with Gasteiger partial charge in [-0.05, 0) is 25.1 Å². The van der Waals surface area contributed by atoms with Crippen LogP contribution in [0.1, 0.15) is 12.5 Å². The van der Waals surface area contributed by atoms with E-state index in [1.54, 1.807) is 35.4 Å². The number of nitrogens with zero attached hydrogens (tertiary/aromatic N) is 4. The summed E-state index contributed by atoms with van der Waals surface area (Å²) in [6, 6.07) is 8.48. The van der Waals surface area contributed by atoms with Crippen LogP contribution < -0.4 is 5.32 Å². The molecule has 0 saturated carbocycles. The number of carbonyl (C=O) groups is 1. The molecule has 1 unspecified atom stereocenters. The molecular weight excluding hydrogens is 370 g/mol. The molecule has 2 amide bonds. The summed E-state index contributed by atoms with van der Waals surface area (Å²) >= 11 is 5.92. The maximum Gasteiger partial charge on any atom is 0.323 e. The van der Waals surface area contributed by atoms with Crippen molar-refractivity contribution in [2.24, 2.45) is 0 Å². The Bertz CT molecular complexity index is 848. The fourth-order valence-corrected chi connectivity index (χ4v) is 2.94. The first-order valence-electron chi connectivity index (χ1n) is 8.61. The number of carbonyl (C=O) groups excluding carboxylic acids is 1. The summed E-state index contributed by atoms with van der Waals surface area (Å²) in [4.78, 5) is 14.2. The molecule has 1 N–H and O–H groups in total. The molecule has 0 radical (unpaired) electrons. The first-order chi connectivity index (χ1) is 13.1. The number of morpholine rings is 1. The molecule has 1 aliphatic heterocycles. The van der Waals surface area contributed by atoms with Gasteiger partial charge in [0.1, 0.15) is 6.07 Å². The van der Waals surface area contributed by atoms with Crippen molar-refractivity contribution in [3.8, 4) is 11.8 Å². The Labute approximate surface area is 162 Å². The van der Waals surface area contributed by atoms with Gasteiger partial charge in [-0.2, -0.15) is 5.26 Å². The highest BCUT2D eigenvalue weighted by Crippen LogP contribution is 2.20. The Morgan fingerprint density at radius 2 is 2.37 bits per heavy atom. The number of rotatable bonds is 5. The average Bonchev–Trinajstić information content (AvgIpc) is 3.14. The van der Waals surface area contributed by atoms with Crippen molar-refractivity contribution >= 4 is 23.4 Å². The van der Waals surface area contributed by atoms with Gasteiger partial charge >= 0.3 is 6.03 Å².